The van der Waals surface area contributed by atoms with Crippen LogP contribution in [-0.4, -0.2) is 51.8 Å². The summed E-state index contributed by atoms with van der Waals surface area (Å²) in [6.07, 6.45) is 6.06. The molecule has 1 saturated carbocycles. The zero-order chi connectivity index (χ0) is 14.7. The lowest BCUT2D eigenvalue weighted by molar-refractivity contribution is -0.133. The van der Waals surface area contributed by atoms with Crippen LogP contribution in [0.1, 0.15) is 37.9 Å². The highest BCUT2D eigenvalue weighted by atomic mass is 16.5. The number of carbonyl (C=O) groups is 1. The number of amides is 1. The second kappa shape index (κ2) is 6.43. The van der Waals surface area contributed by atoms with Gasteiger partial charge in [-0.2, -0.15) is 5.10 Å². The molecule has 2 N–H and O–H groups in total. The van der Waals surface area contributed by atoms with E-state index in [1.807, 2.05) is 4.90 Å². The lowest BCUT2D eigenvalue weighted by atomic mass is 9.85. The van der Waals surface area contributed by atoms with Gasteiger partial charge < -0.3 is 9.64 Å². The van der Waals surface area contributed by atoms with Crippen LogP contribution in [0, 0.1) is 5.92 Å². The zero-order valence-electron chi connectivity index (χ0n) is 12.1. The van der Waals surface area contributed by atoms with Crippen molar-refractivity contribution in [2.24, 2.45) is 5.92 Å². The van der Waals surface area contributed by atoms with Gasteiger partial charge in [0.2, 0.25) is 5.91 Å². The number of nitrogens with zero attached hydrogens (tertiary/aromatic N) is 2. The van der Waals surface area contributed by atoms with Gasteiger partial charge in [-0.15, -0.1) is 0 Å². The topological polar surface area (TPSA) is 91.1 Å². The van der Waals surface area contributed by atoms with Crippen molar-refractivity contribution in [3.05, 3.63) is 16.3 Å². The molecular weight excluding hydrogens is 272 g/mol. The van der Waals surface area contributed by atoms with Crippen LogP contribution in [-0.2, 0) is 16.0 Å². The van der Waals surface area contributed by atoms with Crippen LogP contribution in [0.3, 0.4) is 0 Å². The molecule has 1 aromatic rings. The molecular formula is C14H22N4O3. The molecule has 2 aliphatic rings. The second-order valence-electron chi connectivity index (χ2n) is 6.03. The van der Waals surface area contributed by atoms with Crippen molar-refractivity contribution >= 4 is 5.91 Å². The highest BCUT2D eigenvalue weighted by Crippen LogP contribution is 2.27. The number of nitrogens with one attached hydrogen (secondary N) is 2. The van der Waals surface area contributed by atoms with Gasteiger partial charge in [-0.05, 0) is 31.6 Å². The molecule has 3 rings (SSSR count). The number of ether oxygens (including phenoxy) is 1. The standard InChI is InChI=1S/C14H22N4O3/c19-13(7-12-15-14(20)17-16-12)18(8-10-3-1-4-10)9-11-5-2-6-21-11/h10-11H,1-9H2,(H2,15,16,17,20)/t11-/m0/s1. The number of aromatic nitrogens is 3. The van der Waals surface area contributed by atoms with Gasteiger partial charge in [0.1, 0.15) is 5.82 Å². The largest absolute Gasteiger partial charge is 0.376 e. The van der Waals surface area contributed by atoms with E-state index in [-0.39, 0.29) is 24.1 Å². The van der Waals surface area contributed by atoms with Crippen LogP contribution in [0.4, 0.5) is 0 Å². The van der Waals surface area contributed by atoms with Gasteiger partial charge in [-0.1, -0.05) is 6.42 Å². The molecule has 1 aromatic heterocycles. The predicted octanol–water partition coefficient (Wildman–Crippen LogP) is 0.448. The van der Waals surface area contributed by atoms with E-state index in [1.165, 1.54) is 19.3 Å². The first-order valence-corrected chi connectivity index (χ1v) is 7.73. The van der Waals surface area contributed by atoms with Crippen molar-refractivity contribution in [1.29, 1.82) is 0 Å². The van der Waals surface area contributed by atoms with E-state index < -0.39 is 0 Å². The summed E-state index contributed by atoms with van der Waals surface area (Å²) >= 11 is 0. The Labute approximate surface area is 123 Å². The Bertz CT molecular complexity index is 528. The number of hydrogen-bond donors (Lipinski definition) is 2. The van der Waals surface area contributed by atoms with Gasteiger partial charge >= 0.3 is 5.69 Å². The summed E-state index contributed by atoms with van der Waals surface area (Å²) in [6.45, 7) is 2.25. The third kappa shape index (κ3) is 3.72. The number of hydrogen-bond acceptors (Lipinski definition) is 4. The molecule has 7 nitrogen and oxygen atoms in total. The molecule has 1 atom stereocenters. The molecule has 0 aromatic carbocycles. The van der Waals surface area contributed by atoms with E-state index in [4.69, 9.17) is 4.74 Å². The molecule has 1 aliphatic heterocycles. The number of carbonyl (C=O) groups excluding carboxylic acids is 1. The van der Waals surface area contributed by atoms with Crippen LogP contribution in [0.2, 0.25) is 0 Å². The summed E-state index contributed by atoms with van der Waals surface area (Å²) in [4.78, 5) is 27.9. The molecule has 0 bridgehead atoms. The Hall–Kier alpha value is -1.63. The van der Waals surface area contributed by atoms with Crippen LogP contribution in [0.25, 0.3) is 0 Å². The first kappa shape index (κ1) is 14.3. The van der Waals surface area contributed by atoms with E-state index in [0.29, 0.717) is 18.3 Å². The maximum Gasteiger partial charge on any atom is 0.340 e. The Morgan fingerprint density at radius 1 is 1.29 bits per heavy atom. The van der Waals surface area contributed by atoms with Crippen LogP contribution >= 0.6 is 0 Å². The minimum absolute atomic E-state index is 0.0140. The monoisotopic (exact) mass is 294 g/mol. The zero-order valence-corrected chi connectivity index (χ0v) is 12.1. The average Bonchev–Trinajstić information content (AvgIpc) is 3.04. The first-order chi connectivity index (χ1) is 10.2. The predicted molar refractivity (Wildman–Crippen MR) is 75.8 cm³/mol. The molecule has 1 saturated heterocycles. The number of H-pyrrole nitrogens is 2. The smallest absolute Gasteiger partial charge is 0.340 e. The van der Waals surface area contributed by atoms with E-state index >= 15 is 0 Å². The molecule has 0 spiro atoms. The number of aromatic amines is 2. The van der Waals surface area contributed by atoms with Gasteiger partial charge in [0.05, 0.1) is 12.5 Å². The fourth-order valence-corrected chi connectivity index (χ4v) is 2.94. The summed E-state index contributed by atoms with van der Waals surface area (Å²) in [6, 6.07) is 0. The minimum atomic E-state index is -0.373. The highest BCUT2D eigenvalue weighted by molar-refractivity contribution is 5.78. The SMILES string of the molecule is O=C(Cc1n[nH]c(=O)[nH]1)N(CC1CCC1)C[C@@H]1CCCO1. The van der Waals surface area contributed by atoms with E-state index in [0.717, 1.165) is 26.0 Å². The molecule has 1 amide bonds. The van der Waals surface area contributed by atoms with Crippen molar-refractivity contribution in [3.8, 4) is 0 Å². The third-order valence-electron chi connectivity index (χ3n) is 4.37. The van der Waals surface area contributed by atoms with Crippen molar-refractivity contribution in [2.45, 2.75) is 44.6 Å². The summed E-state index contributed by atoms with van der Waals surface area (Å²) in [7, 11) is 0. The fraction of sp³-hybridized carbons (Fsp3) is 0.786. The van der Waals surface area contributed by atoms with Gasteiger partial charge in [0.25, 0.3) is 0 Å². The molecule has 2 fully saturated rings. The second-order valence-corrected chi connectivity index (χ2v) is 6.03. The Morgan fingerprint density at radius 3 is 2.71 bits per heavy atom. The maximum absolute atomic E-state index is 12.5. The minimum Gasteiger partial charge on any atom is -0.376 e. The van der Waals surface area contributed by atoms with Gasteiger partial charge in [-0.3, -0.25) is 9.78 Å². The lowest BCUT2D eigenvalue weighted by Gasteiger charge is -2.33. The molecule has 0 radical (unpaired) electrons. The van der Waals surface area contributed by atoms with Crippen molar-refractivity contribution in [3.63, 3.8) is 0 Å². The molecule has 2 heterocycles. The van der Waals surface area contributed by atoms with E-state index in [1.54, 1.807) is 0 Å². The fourth-order valence-electron chi connectivity index (χ4n) is 2.94. The van der Waals surface area contributed by atoms with Crippen molar-refractivity contribution < 1.29 is 9.53 Å². The highest BCUT2D eigenvalue weighted by Gasteiger charge is 2.27. The summed E-state index contributed by atoms with van der Waals surface area (Å²) in [5.41, 5.74) is -0.373. The molecule has 1 aliphatic carbocycles. The normalized spacial score (nSPS) is 22.2. The number of rotatable bonds is 6. The molecule has 116 valence electrons. The van der Waals surface area contributed by atoms with E-state index in [9.17, 15) is 9.59 Å². The Kier molecular flexibility index (Phi) is 4.38. The van der Waals surface area contributed by atoms with Crippen LogP contribution in [0.15, 0.2) is 4.79 Å². The Morgan fingerprint density at radius 2 is 2.14 bits per heavy atom. The van der Waals surface area contributed by atoms with Crippen LogP contribution < -0.4 is 5.69 Å². The summed E-state index contributed by atoms with van der Waals surface area (Å²) in [5, 5.41) is 6.10. The van der Waals surface area contributed by atoms with Crippen molar-refractivity contribution in [2.75, 3.05) is 19.7 Å². The average molecular weight is 294 g/mol. The summed E-state index contributed by atoms with van der Waals surface area (Å²) in [5.74, 6) is 1.03. The quantitative estimate of drug-likeness (QED) is 0.797. The van der Waals surface area contributed by atoms with Gasteiger partial charge in [-0.25, -0.2) is 9.89 Å². The van der Waals surface area contributed by atoms with Crippen molar-refractivity contribution in [1.82, 2.24) is 20.1 Å². The first-order valence-electron chi connectivity index (χ1n) is 7.73. The lowest BCUT2D eigenvalue weighted by Crippen LogP contribution is -2.42. The maximum atomic E-state index is 12.5. The molecule has 0 unspecified atom stereocenters. The van der Waals surface area contributed by atoms with Gasteiger partial charge in [0, 0.05) is 19.7 Å². The Balaban J connectivity index is 1.60. The summed E-state index contributed by atoms with van der Waals surface area (Å²) < 4.78 is 5.65. The molecule has 21 heavy (non-hydrogen) atoms. The van der Waals surface area contributed by atoms with Crippen LogP contribution in [0.5, 0.6) is 0 Å². The van der Waals surface area contributed by atoms with E-state index in [2.05, 4.69) is 15.2 Å². The third-order valence-corrected chi connectivity index (χ3v) is 4.37. The molecule has 7 heteroatoms. The van der Waals surface area contributed by atoms with Gasteiger partial charge in [0.15, 0.2) is 0 Å².